The van der Waals surface area contributed by atoms with Crippen LogP contribution in [0.2, 0.25) is 0 Å². The second-order valence-electron chi connectivity index (χ2n) is 8.26. The highest BCUT2D eigenvalue weighted by Crippen LogP contribution is 2.62. The van der Waals surface area contributed by atoms with E-state index in [1.54, 1.807) is 0 Å². The largest absolute Gasteiger partial charge is 0.322 e. The lowest BCUT2D eigenvalue weighted by atomic mass is 10.1. The molecule has 0 radical (unpaired) electrons. The number of anilines is 2. The van der Waals surface area contributed by atoms with Crippen LogP contribution in [0.4, 0.5) is 11.4 Å². The SMILES string of the molecule is CC[P+](CC)(CC(=O)Nc1c(C)cccc1C)C(C)C(=O)Nc1c(C)cccc1C. The zero-order valence-corrected chi connectivity index (χ0v) is 20.3. The number of carbonyl (C=O) groups excluding carboxylic acids is 2. The van der Waals surface area contributed by atoms with E-state index >= 15 is 0 Å². The van der Waals surface area contributed by atoms with Gasteiger partial charge in [0.25, 0.3) is 11.8 Å². The number of aryl methyl sites for hydroxylation is 4. The Morgan fingerprint density at radius 1 is 0.800 bits per heavy atom. The van der Waals surface area contributed by atoms with E-state index in [0.717, 1.165) is 46.0 Å². The molecule has 4 nitrogen and oxygen atoms in total. The number of benzene rings is 2. The summed E-state index contributed by atoms with van der Waals surface area (Å²) in [7, 11) is -1.82. The summed E-state index contributed by atoms with van der Waals surface area (Å²) in [4.78, 5) is 26.2. The Hall–Kier alpha value is -2.19. The molecule has 2 aromatic carbocycles. The quantitative estimate of drug-likeness (QED) is 0.512. The number of rotatable bonds is 8. The van der Waals surface area contributed by atoms with Crippen molar-refractivity contribution in [2.45, 2.75) is 54.1 Å². The Bertz CT molecular complexity index is 879. The standard InChI is InChI=1S/C25H35N2O2P/c1-8-30(9-2,16-22(28)26-23-17(3)12-10-13-18(23)4)21(7)25(29)27-24-19(5)14-11-15-20(24)6/h10-15,21H,8-9,16H2,1-7H3,(H-,26,27,28,29)/p+1. The van der Waals surface area contributed by atoms with E-state index in [2.05, 4.69) is 24.5 Å². The molecule has 2 aromatic rings. The molecule has 2 N–H and O–H groups in total. The summed E-state index contributed by atoms with van der Waals surface area (Å²) in [5.74, 6) is 0.0282. The summed E-state index contributed by atoms with van der Waals surface area (Å²) in [6.45, 7) is 14.3. The third-order valence-corrected chi connectivity index (χ3v) is 11.7. The van der Waals surface area contributed by atoms with Gasteiger partial charge < -0.3 is 10.6 Å². The highest BCUT2D eigenvalue weighted by Gasteiger charge is 2.46. The maximum Gasteiger partial charge on any atom is 0.264 e. The van der Waals surface area contributed by atoms with Crippen LogP contribution in [0.5, 0.6) is 0 Å². The lowest BCUT2D eigenvalue weighted by Crippen LogP contribution is -2.34. The van der Waals surface area contributed by atoms with Gasteiger partial charge in [-0.3, -0.25) is 9.59 Å². The molecule has 2 amide bonds. The van der Waals surface area contributed by atoms with E-state index in [0.29, 0.717) is 6.16 Å². The lowest BCUT2D eigenvalue weighted by Gasteiger charge is -2.30. The van der Waals surface area contributed by atoms with Gasteiger partial charge in [0.2, 0.25) is 0 Å². The molecule has 1 atom stereocenters. The minimum atomic E-state index is -1.82. The number of hydrogen-bond acceptors (Lipinski definition) is 2. The molecule has 0 saturated heterocycles. The summed E-state index contributed by atoms with van der Waals surface area (Å²) in [5.41, 5.74) is 5.82. The number of para-hydroxylation sites is 2. The van der Waals surface area contributed by atoms with Gasteiger partial charge in [-0.1, -0.05) is 36.4 Å². The van der Waals surface area contributed by atoms with Crippen LogP contribution in [0.3, 0.4) is 0 Å². The molecule has 30 heavy (non-hydrogen) atoms. The zero-order valence-electron chi connectivity index (χ0n) is 19.4. The zero-order chi connectivity index (χ0) is 22.5. The molecule has 0 heterocycles. The first-order valence-corrected chi connectivity index (χ1v) is 13.2. The van der Waals surface area contributed by atoms with Gasteiger partial charge in [0, 0.05) is 18.6 Å². The predicted octanol–water partition coefficient (Wildman–Crippen LogP) is 5.94. The molecular formula is C25H36N2O2P+. The van der Waals surface area contributed by atoms with Crippen LogP contribution in [-0.2, 0) is 9.59 Å². The van der Waals surface area contributed by atoms with Gasteiger partial charge in [-0.25, -0.2) is 0 Å². The first-order valence-electron chi connectivity index (χ1n) is 10.7. The van der Waals surface area contributed by atoms with Crippen molar-refractivity contribution in [1.82, 2.24) is 0 Å². The van der Waals surface area contributed by atoms with Gasteiger partial charge in [0.05, 0.1) is 12.3 Å². The molecule has 2 rings (SSSR count). The summed E-state index contributed by atoms with van der Waals surface area (Å²) < 4.78 is 0. The van der Waals surface area contributed by atoms with E-state index in [4.69, 9.17) is 0 Å². The van der Waals surface area contributed by atoms with Crippen LogP contribution in [0, 0.1) is 27.7 Å². The fourth-order valence-corrected chi connectivity index (χ4v) is 7.57. The minimum Gasteiger partial charge on any atom is -0.322 e. The van der Waals surface area contributed by atoms with Crippen LogP contribution in [0.1, 0.15) is 43.0 Å². The number of carbonyl (C=O) groups is 2. The fraction of sp³-hybridized carbons (Fsp3) is 0.440. The average Bonchev–Trinajstić information content (AvgIpc) is 2.71. The Labute approximate surface area is 182 Å². The molecule has 162 valence electrons. The maximum absolute atomic E-state index is 13.2. The summed E-state index contributed by atoms with van der Waals surface area (Å²) in [5, 5.41) is 6.27. The first-order chi connectivity index (χ1) is 14.1. The summed E-state index contributed by atoms with van der Waals surface area (Å²) in [6.07, 6.45) is 2.16. The molecule has 5 heteroatoms. The van der Waals surface area contributed by atoms with Gasteiger partial charge >= 0.3 is 0 Å². The van der Waals surface area contributed by atoms with Crippen molar-refractivity contribution in [1.29, 1.82) is 0 Å². The molecule has 0 aromatic heterocycles. The van der Waals surface area contributed by atoms with Gasteiger partial charge in [-0.05, 0) is 70.7 Å². The highest BCUT2D eigenvalue weighted by atomic mass is 31.2. The van der Waals surface area contributed by atoms with Crippen molar-refractivity contribution in [2.24, 2.45) is 0 Å². The highest BCUT2D eigenvalue weighted by molar-refractivity contribution is 7.78. The Morgan fingerprint density at radius 2 is 1.20 bits per heavy atom. The van der Waals surface area contributed by atoms with Gasteiger partial charge in [0.15, 0.2) is 0 Å². The van der Waals surface area contributed by atoms with Crippen LogP contribution in [-0.4, -0.2) is 36.0 Å². The van der Waals surface area contributed by atoms with Crippen molar-refractivity contribution >= 4 is 30.5 Å². The van der Waals surface area contributed by atoms with E-state index in [1.165, 1.54) is 0 Å². The second-order valence-corrected chi connectivity index (χ2v) is 13.0. The van der Waals surface area contributed by atoms with E-state index < -0.39 is 7.26 Å². The number of amides is 2. The third kappa shape index (κ3) is 5.29. The molecule has 0 aliphatic carbocycles. The minimum absolute atomic E-state index is 0.0103. The van der Waals surface area contributed by atoms with Crippen molar-refractivity contribution < 1.29 is 9.59 Å². The molecule has 0 bridgehead atoms. The molecule has 0 saturated carbocycles. The second kappa shape index (κ2) is 10.2. The van der Waals surface area contributed by atoms with E-state index in [1.807, 2.05) is 71.0 Å². The lowest BCUT2D eigenvalue weighted by molar-refractivity contribution is -0.115. The van der Waals surface area contributed by atoms with Crippen LogP contribution in [0.25, 0.3) is 0 Å². The summed E-state index contributed by atoms with van der Waals surface area (Å²) >= 11 is 0. The van der Waals surface area contributed by atoms with Gasteiger partial charge in [-0.15, -0.1) is 0 Å². The normalized spacial score (nSPS) is 12.4. The Morgan fingerprint density at radius 3 is 1.60 bits per heavy atom. The molecule has 0 spiro atoms. The van der Waals surface area contributed by atoms with Crippen LogP contribution < -0.4 is 10.6 Å². The average molecular weight is 428 g/mol. The van der Waals surface area contributed by atoms with Crippen molar-refractivity contribution in [3.63, 3.8) is 0 Å². The van der Waals surface area contributed by atoms with E-state index in [9.17, 15) is 9.59 Å². The van der Waals surface area contributed by atoms with Crippen molar-refractivity contribution in [3.8, 4) is 0 Å². The number of hydrogen-bond donors (Lipinski definition) is 2. The number of nitrogens with one attached hydrogen (secondary N) is 2. The molecular weight excluding hydrogens is 391 g/mol. The van der Waals surface area contributed by atoms with Gasteiger partial charge in [-0.2, -0.15) is 0 Å². The molecule has 0 aliphatic rings. The van der Waals surface area contributed by atoms with Crippen LogP contribution >= 0.6 is 7.26 Å². The van der Waals surface area contributed by atoms with Crippen molar-refractivity contribution in [3.05, 3.63) is 58.7 Å². The Balaban J connectivity index is 2.21. The van der Waals surface area contributed by atoms with Crippen molar-refractivity contribution in [2.75, 3.05) is 29.1 Å². The van der Waals surface area contributed by atoms with E-state index in [-0.39, 0.29) is 17.5 Å². The molecule has 0 fully saturated rings. The smallest absolute Gasteiger partial charge is 0.264 e. The Kier molecular flexibility index (Phi) is 8.20. The van der Waals surface area contributed by atoms with Crippen LogP contribution in [0.15, 0.2) is 36.4 Å². The molecule has 1 unspecified atom stereocenters. The molecule has 0 aliphatic heterocycles. The maximum atomic E-state index is 13.2. The third-order valence-electron chi connectivity index (χ3n) is 6.39. The first kappa shape index (κ1) is 24.1. The van der Waals surface area contributed by atoms with Gasteiger partial charge in [0.1, 0.15) is 11.8 Å². The predicted molar refractivity (Wildman–Crippen MR) is 131 cm³/mol. The summed E-state index contributed by atoms with van der Waals surface area (Å²) in [6, 6.07) is 12.0. The topological polar surface area (TPSA) is 58.2 Å². The monoisotopic (exact) mass is 427 g/mol. The fourth-order valence-electron chi connectivity index (χ4n) is 4.10.